The van der Waals surface area contributed by atoms with Gasteiger partial charge in [-0.1, -0.05) is 35.9 Å². The molecule has 4 rings (SSSR count). The Balaban J connectivity index is 1.49. The first kappa shape index (κ1) is 28.6. The fraction of sp³-hybridized carbons (Fsp3) is 0.276. The Kier molecular flexibility index (Phi) is 9.27. The van der Waals surface area contributed by atoms with E-state index in [0.717, 1.165) is 26.9 Å². The van der Waals surface area contributed by atoms with Gasteiger partial charge in [-0.3, -0.25) is 9.59 Å². The SMILES string of the molecule is CC(C)Oc1ccc(C(=O)N[C@H](CNC(=O)[C@@H](C)N)Cc2ccc(-c3cn4cccc(Br)c4n3)cc2)cc1Cl. The molecule has 10 heteroatoms. The molecule has 0 spiro atoms. The third kappa shape index (κ3) is 7.38. The first-order valence-electron chi connectivity index (χ1n) is 12.6. The molecule has 4 N–H and O–H groups in total. The van der Waals surface area contributed by atoms with Crippen LogP contribution in [0, 0.1) is 0 Å². The van der Waals surface area contributed by atoms with E-state index in [-0.39, 0.29) is 30.5 Å². The summed E-state index contributed by atoms with van der Waals surface area (Å²) in [5, 5.41) is 6.19. The molecule has 0 aliphatic rings. The average Bonchev–Trinajstić information content (AvgIpc) is 3.34. The van der Waals surface area contributed by atoms with Gasteiger partial charge in [0.2, 0.25) is 5.91 Å². The van der Waals surface area contributed by atoms with Gasteiger partial charge in [-0.05, 0) is 79.0 Å². The number of aromatic nitrogens is 2. The van der Waals surface area contributed by atoms with E-state index in [9.17, 15) is 9.59 Å². The number of nitrogens with one attached hydrogen (secondary N) is 2. The van der Waals surface area contributed by atoms with Gasteiger partial charge < -0.3 is 25.5 Å². The Bertz CT molecular complexity index is 1470. The smallest absolute Gasteiger partial charge is 0.251 e. The lowest BCUT2D eigenvalue weighted by atomic mass is 10.0. The predicted octanol–water partition coefficient (Wildman–Crippen LogP) is 5.01. The van der Waals surface area contributed by atoms with Crippen molar-refractivity contribution in [3.8, 4) is 17.0 Å². The molecule has 0 radical (unpaired) electrons. The summed E-state index contributed by atoms with van der Waals surface area (Å²) in [6.45, 7) is 5.64. The lowest BCUT2D eigenvalue weighted by Gasteiger charge is -2.21. The second kappa shape index (κ2) is 12.6. The Morgan fingerprint density at radius 2 is 1.87 bits per heavy atom. The zero-order chi connectivity index (χ0) is 28.1. The van der Waals surface area contributed by atoms with Crippen molar-refractivity contribution in [2.45, 2.75) is 45.4 Å². The van der Waals surface area contributed by atoms with Gasteiger partial charge in [0.15, 0.2) is 5.65 Å². The van der Waals surface area contributed by atoms with Crippen molar-refractivity contribution in [2.75, 3.05) is 6.54 Å². The van der Waals surface area contributed by atoms with Crippen LogP contribution < -0.4 is 21.1 Å². The molecule has 0 saturated carbocycles. The Morgan fingerprint density at radius 3 is 2.51 bits per heavy atom. The van der Waals surface area contributed by atoms with Crippen LogP contribution >= 0.6 is 27.5 Å². The minimum Gasteiger partial charge on any atom is -0.489 e. The predicted molar refractivity (Wildman–Crippen MR) is 157 cm³/mol. The number of halogens is 2. The number of nitrogens with two attached hydrogens (primary N) is 1. The third-order valence-electron chi connectivity index (χ3n) is 6.00. The Labute approximate surface area is 241 Å². The summed E-state index contributed by atoms with van der Waals surface area (Å²) in [5.41, 5.74) is 9.75. The van der Waals surface area contributed by atoms with Crippen LogP contribution in [0.15, 0.2) is 71.5 Å². The molecule has 204 valence electrons. The summed E-state index contributed by atoms with van der Waals surface area (Å²) >= 11 is 9.88. The molecule has 0 aliphatic heterocycles. The van der Waals surface area contributed by atoms with Gasteiger partial charge in [-0.15, -0.1) is 0 Å². The zero-order valence-corrected chi connectivity index (χ0v) is 24.3. The maximum atomic E-state index is 13.1. The molecular weight excluding hydrogens is 582 g/mol. The topological polar surface area (TPSA) is 111 Å². The summed E-state index contributed by atoms with van der Waals surface area (Å²) in [7, 11) is 0. The number of nitrogens with zero attached hydrogens (tertiary/aromatic N) is 2. The normalized spacial score (nSPS) is 12.8. The van der Waals surface area contributed by atoms with Crippen molar-refractivity contribution in [1.82, 2.24) is 20.0 Å². The van der Waals surface area contributed by atoms with E-state index in [4.69, 9.17) is 27.1 Å². The molecule has 2 amide bonds. The quantitative estimate of drug-likeness (QED) is 0.233. The highest BCUT2D eigenvalue weighted by molar-refractivity contribution is 9.10. The van der Waals surface area contributed by atoms with Crippen molar-refractivity contribution in [2.24, 2.45) is 5.73 Å². The van der Waals surface area contributed by atoms with Crippen LogP contribution in [0.3, 0.4) is 0 Å². The highest BCUT2D eigenvalue weighted by Crippen LogP contribution is 2.27. The summed E-state index contributed by atoms with van der Waals surface area (Å²) < 4.78 is 8.55. The van der Waals surface area contributed by atoms with Gasteiger partial charge in [-0.25, -0.2) is 4.98 Å². The first-order valence-corrected chi connectivity index (χ1v) is 13.8. The molecule has 2 heterocycles. The van der Waals surface area contributed by atoms with Crippen LogP contribution in [-0.4, -0.2) is 45.9 Å². The molecule has 0 saturated heterocycles. The number of pyridine rings is 1. The van der Waals surface area contributed by atoms with Crippen molar-refractivity contribution >= 4 is 45.0 Å². The van der Waals surface area contributed by atoms with Crippen LogP contribution in [-0.2, 0) is 11.2 Å². The highest BCUT2D eigenvalue weighted by atomic mass is 79.9. The van der Waals surface area contributed by atoms with Crippen LogP contribution in [0.4, 0.5) is 0 Å². The Hall–Kier alpha value is -3.40. The standard InChI is InChI=1S/C29H31BrClN5O3/c1-17(2)39-26-11-10-21(14-24(26)31)29(38)34-22(15-33-28(37)18(3)32)13-19-6-8-20(9-7-19)25-16-36-12-4-5-23(30)27(36)35-25/h4-12,14,16-18,22H,13,15,32H2,1-3H3,(H,33,37)(H,34,38)/t18-,22+/m1/s1. The van der Waals surface area contributed by atoms with E-state index in [2.05, 4.69) is 26.6 Å². The van der Waals surface area contributed by atoms with Gasteiger partial charge >= 0.3 is 0 Å². The van der Waals surface area contributed by atoms with Crippen LogP contribution in [0.5, 0.6) is 5.75 Å². The lowest BCUT2D eigenvalue weighted by molar-refractivity contribution is -0.122. The van der Waals surface area contributed by atoms with Crippen LogP contribution in [0.25, 0.3) is 16.9 Å². The number of carbonyl (C=O) groups is 2. The van der Waals surface area contributed by atoms with Crippen molar-refractivity contribution in [3.05, 3.63) is 87.6 Å². The number of hydrogen-bond acceptors (Lipinski definition) is 5. The molecule has 0 aliphatic carbocycles. The lowest BCUT2D eigenvalue weighted by Crippen LogP contribution is -2.48. The molecule has 2 aromatic heterocycles. The molecule has 4 aromatic rings. The van der Waals surface area contributed by atoms with E-state index in [1.54, 1.807) is 25.1 Å². The van der Waals surface area contributed by atoms with Crippen molar-refractivity contribution in [1.29, 1.82) is 0 Å². The van der Waals surface area contributed by atoms with E-state index in [0.29, 0.717) is 22.8 Å². The Morgan fingerprint density at radius 1 is 1.13 bits per heavy atom. The zero-order valence-electron chi connectivity index (χ0n) is 21.9. The number of rotatable bonds is 10. The number of fused-ring (bicyclic) bond motifs is 1. The second-order valence-electron chi connectivity index (χ2n) is 9.63. The van der Waals surface area contributed by atoms with Crippen LogP contribution in [0.1, 0.15) is 36.7 Å². The number of amides is 2. The third-order valence-corrected chi connectivity index (χ3v) is 6.91. The average molecular weight is 613 g/mol. The van der Waals surface area contributed by atoms with Crippen LogP contribution in [0.2, 0.25) is 5.02 Å². The fourth-order valence-electron chi connectivity index (χ4n) is 4.03. The maximum absolute atomic E-state index is 13.1. The second-order valence-corrected chi connectivity index (χ2v) is 10.9. The molecule has 8 nitrogen and oxygen atoms in total. The number of benzene rings is 2. The van der Waals surface area contributed by atoms with Gasteiger partial charge in [0.25, 0.3) is 5.91 Å². The first-order chi connectivity index (χ1) is 18.6. The minimum absolute atomic E-state index is 0.0407. The maximum Gasteiger partial charge on any atom is 0.251 e. The molecule has 2 aromatic carbocycles. The monoisotopic (exact) mass is 611 g/mol. The number of hydrogen-bond donors (Lipinski definition) is 3. The van der Waals surface area contributed by atoms with Gasteiger partial charge in [-0.2, -0.15) is 0 Å². The van der Waals surface area contributed by atoms with E-state index in [1.165, 1.54) is 0 Å². The molecule has 0 unspecified atom stereocenters. The summed E-state index contributed by atoms with van der Waals surface area (Å²) in [5.74, 6) is -0.0807. The molecule has 0 bridgehead atoms. The minimum atomic E-state index is -0.654. The fourth-order valence-corrected chi connectivity index (χ4v) is 4.70. The number of carbonyl (C=O) groups excluding carboxylic acids is 2. The van der Waals surface area contributed by atoms with Gasteiger partial charge in [0, 0.05) is 30.1 Å². The largest absolute Gasteiger partial charge is 0.489 e. The highest BCUT2D eigenvalue weighted by Gasteiger charge is 2.18. The molecule has 39 heavy (non-hydrogen) atoms. The molecular formula is C29H31BrClN5O3. The van der Waals surface area contributed by atoms with E-state index >= 15 is 0 Å². The molecule has 2 atom stereocenters. The van der Waals surface area contributed by atoms with E-state index in [1.807, 2.05) is 67.0 Å². The summed E-state index contributed by atoms with van der Waals surface area (Å²) in [6, 6.07) is 15.8. The van der Waals surface area contributed by atoms with Gasteiger partial charge in [0.1, 0.15) is 5.75 Å². The molecule has 0 fully saturated rings. The summed E-state index contributed by atoms with van der Waals surface area (Å²) in [4.78, 5) is 30.0. The number of ether oxygens (including phenoxy) is 1. The van der Waals surface area contributed by atoms with E-state index < -0.39 is 6.04 Å². The summed E-state index contributed by atoms with van der Waals surface area (Å²) in [6.07, 6.45) is 4.38. The van der Waals surface area contributed by atoms with Crippen molar-refractivity contribution in [3.63, 3.8) is 0 Å². The number of imidazole rings is 1. The van der Waals surface area contributed by atoms with Crippen molar-refractivity contribution < 1.29 is 14.3 Å². The van der Waals surface area contributed by atoms with Gasteiger partial charge in [0.05, 0.1) is 33.4 Å².